The average molecular weight is 1040 g/mol. The van der Waals surface area contributed by atoms with E-state index in [0.717, 1.165) is 16.7 Å². The van der Waals surface area contributed by atoms with E-state index in [1.165, 1.54) is 0 Å². The molecule has 0 aromatic carbocycles. The molecule has 0 heterocycles. The van der Waals surface area contributed by atoms with Crippen LogP contribution in [-0.4, -0.2) is 145 Å². The Morgan fingerprint density at radius 3 is 1.10 bits per heavy atom. The summed E-state index contributed by atoms with van der Waals surface area (Å²) in [6, 6.07) is 0. The van der Waals surface area contributed by atoms with Gasteiger partial charge >= 0.3 is 8.08 Å². The molecule has 360 valence electrons. The quantitative estimate of drug-likeness (QED) is 0.0436. The van der Waals surface area contributed by atoms with Gasteiger partial charge < -0.3 is 54.2 Å². The minimum absolute atomic E-state index is 0.272. The van der Waals surface area contributed by atoms with Gasteiger partial charge in [-0.3, -0.25) is 0 Å². The highest BCUT2D eigenvalue weighted by Gasteiger charge is 2.57. The third-order valence-electron chi connectivity index (χ3n) is 6.99. The fourth-order valence-electron chi connectivity index (χ4n) is 5.57. The Bertz CT molecular complexity index is 1300. The molecule has 0 rings (SSSR count). The minimum atomic E-state index is -3.04. The van der Waals surface area contributed by atoms with Crippen molar-refractivity contribution >= 4 is 93.7 Å². The molecule has 0 saturated carbocycles. The molecule has 0 aliphatic heterocycles. The fraction of sp³-hybridized carbons (Fsp3) is 0.838. The van der Waals surface area contributed by atoms with Crippen molar-refractivity contribution in [2.45, 2.75) is 175 Å². The summed E-state index contributed by atoms with van der Waals surface area (Å²) in [6.45, 7) is 64.8. The van der Waals surface area contributed by atoms with E-state index in [0.29, 0.717) is 19.8 Å². The van der Waals surface area contributed by atoms with Gasteiger partial charge in [0.05, 0.1) is 26.1 Å². The Morgan fingerprint density at radius 2 is 0.817 bits per heavy atom. The van der Waals surface area contributed by atoms with E-state index in [-0.39, 0.29) is 6.23 Å². The number of rotatable bonds is 26. The van der Waals surface area contributed by atoms with E-state index in [1.54, 1.807) is 0 Å². The van der Waals surface area contributed by atoms with Gasteiger partial charge in [-0.15, -0.1) is 0 Å². The van der Waals surface area contributed by atoms with Crippen molar-refractivity contribution in [1.29, 1.82) is 0 Å². The van der Waals surface area contributed by atoms with Gasteiger partial charge in [0.1, 0.15) is 0 Å². The highest BCUT2D eigenvalue weighted by Crippen LogP contribution is 2.33. The zero-order chi connectivity index (χ0) is 48.8. The van der Waals surface area contributed by atoms with Crippen LogP contribution in [0.4, 0.5) is 0 Å². The van der Waals surface area contributed by atoms with E-state index in [1.807, 2.05) is 20.8 Å². The maximum Gasteiger partial charge on any atom is 0.361 e. The molecule has 60 heavy (non-hydrogen) atoms. The molecular formula is C37H96O12Si11. The lowest BCUT2D eigenvalue weighted by Gasteiger charge is -2.48. The molecule has 0 fully saturated rings. The molecule has 0 aliphatic carbocycles. The van der Waals surface area contributed by atoms with Gasteiger partial charge in [-0.1, -0.05) is 36.5 Å². The molecule has 0 aliphatic rings. The lowest BCUT2D eigenvalue weighted by atomic mass is 10.4. The van der Waals surface area contributed by atoms with Crippen molar-refractivity contribution < 1.29 is 54.2 Å². The summed E-state index contributed by atoms with van der Waals surface area (Å²) < 4.78 is 55.0. The molecule has 23 heteroatoms. The summed E-state index contributed by atoms with van der Waals surface area (Å²) in [7, 11) is -21.9. The summed E-state index contributed by atoms with van der Waals surface area (Å²) in [5.41, 5.74) is 1.57. The van der Waals surface area contributed by atoms with Crippen LogP contribution in [0, 0.1) is 0 Å². The van der Waals surface area contributed by atoms with Crippen molar-refractivity contribution in [3.63, 3.8) is 0 Å². The van der Waals surface area contributed by atoms with Gasteiger partial charge in [-0.2, -0.15) is 0 Å². The summed E-state index contributed by atoms with van der Waals surface area (Å²) in [6.07, 6.45) is 0.272. The molecule has 0 spiro atoms. The van der Waals surface area contributed by atoms with Crippen molar-refractivity contribution in [3.8, 4) is 0 Å². The molecule has 0 radical (unpaired) electrons. The highest BCUT2D eigenvalue weighted by atomic mass is 29.3. The summed E-state index contributed by atoms with van der Waals surface area (Å²) in [5, 5.41) is -0.892. The molecule has 0 amide bonds. The lowest BCUT2D eigenvalue weighted by molar-refractivity contribution is -0.253. The predicted octanol–water partition coefficient (Wildman–Crippen LogP) is 8.27. The first-order valence-electron chi connectivity index (χ1n) is 21.1. The van der Waals surface area contributed by atoms with Crippen LogP contribution in [0.3, 0.4) is 0 Å². The van der Waals surface area contributed by atoms with Crippen LogP contribution in [0.1, 0.15) is 20.8 Å². The lowest BCUT2D eigenvalue weighted by Crippen LogP contribution is -2.71. The smallest absolute Gasteiger partial charge is 0.361 e. The predicted molar refractivity (Wildman–Crippen MR) is 284 cm³/mol. The van der Waals surface area contributed by atoms with Crippen LogP contribution in [0.5, 0.6) is 0 Å². The minimum Gasteiger partial charge on any atom is -0.454 e. The zero-order valence-corrected chi connectivity index (χ0v) is 55.2. The number of hydrogen-bond donors (Lipinski definition) is 3. The third kappa shape index (κ3) is 31.1. The molecule has 3 N–H and O–H groups in total. The highest BCUT2D eigenvalue weighted by molar-refractivity contribution is 7.35. The van der Waals surface area contributed by atoms with E-state index < -0.39 is 104 Å². The second kappa shape index (κ2) is 25.3. The summed E-state index contributed by atoms with van der Waals surface area (Å²) in [4.78, 5) is 31.3. The Morgan fingerprint density at radius 1 is 0.467 bits per heavy atom. The standard InChI is InChI=1S/2C13H34O4Si4.C11H28O4Si3/c1-13(2)11-15-12-21(14,17-19(6,7)8)20(9,10)16-18(3,4)5;1-12(2)11-15-13(18-14,16-19(3,4)5)21(9,10)17-20(6,7)8;1-10(2)9-13-11(16-12,14-17(3,4)5)15-18(6,7)8/h14H,1,11-12H2,2-10H3;14H,1,11,18H2,2-10H3;12H,1,9,16H2,2-8H3. The van der Waals surface area contributed by atoms with Gasteiger partial charge in [-0.25, -0.2) is 0 Å². The average Bonchev–Trinajstić information content (AvgIpc) is 2.92. The number of hydrogen-bond acceptors (Lipinski definition) is 12. The summed E-state index contributed by atoms with van der Waals surface area (Å²) in [5.74, 6) is 0. The summed E-state index contributed by atoms with van der Waals surface area (Å²) >= 11 is 0. The Balaban J connectivity index is -0.000000815. The second-order valence-corrected chi connectivity index (χ2v) is 68.9. The van der Waals surface area contributed by atoms with Gasteiger partial charge in [0.2, 0.25) is 25.9 Å². The van der Waals surface area contributed by atoms with Crippen LogP contribution in [-0.2, 0) is 39.8 Å². The first-order valence-corrected chi connectivity index (χ1v) is 53.1. The Hall–Kier alpha value is 1.13. The van der Waals surface area contributed by atoms with Crippen molar-refractivity contribution in [3.05, 3.63) is 36.5 Å². The first-order chi connectivity index (χ1) is 26.1. The van der Waals surface area contributed by atoms with Crippen molar-refractivity contribution in [1.82, 2.24) is 0 Å². The zero-order valence-electron chi connectivity index (χ0n) is 43.4. The maximum absolute atomic E-state index is 11.3. The third-order valence-corrected chi connectivity index (χ3v) is 40.8. The monoisotopic (exact) mass is 1040 g/mol. The normalized spacial score (nSPS) is 16.2. The molecule has 0 saturated heterocycles. The van der Waals surface area contributed by atoms with Crippen molar-refractivity contribution in [2.75, 3.05) is 26.1 Å². The Labute approximate surface area is 383 Å². The van der Waals surface area contributed by atoms with E-state index >= 15 is 0 Å². The molecule has 0 aromatic heterocycles. The molecule has 0 aromatic rings. The Kier molecular flexibility index (Phi) is 27.6. The van der Waals surface area contributed by atoms with E-state index in [2.05, 4.69) is 164 Å². The fourth-order valence-corrected chi connectivity index (χ4v) is 48.3. The second-order valence-electron chi connectivity index (χ2n) is 22.8. The van der Waals surface area contributed by atoms with Gasteiger partial charge in [0, 0.05) is 0 Å². The van der Waals surface area contributed by atoms with Crippen LogP contribution >= 0.6 is 0 Å². The van der Waals surface area contributed by atoms with Gasteiger partial charge in [0.25, 0.3) is 15.4 Å². The molecule has 2 unspecified atom stereocenters. The first kappa shape index (κ1) is 65.4. The van der Waals surface area contributed by atoms with Crippen molar-refractivity contribution in [2.24, 2.45) is 0 Å². The van der Waals surface area contributed by atoms with Crippen LogP contribution in [0.25, 0.3) is 0 Å². The largest absolute Gasteiger partial charge is 0.454 e. The number of ether oxygens (including phenoxy) is 3. The SMILES string of the molecule is C=C(C)COC(O[Si](C)(C)C)(O[Si](C)(C)C)[SiH2]O.C=C(C)COC(O[Si](C)(C)C)([SiH2]O)[Si](C)(C)O[Si](C)(C)C.C=C(C)COC[Si](O)(O[Si](C)(C)C)[Si](C)(C)O[Si](C)(C)C. The van der Waals surface area contributed by atoms with E-state index in [4.69, 9.17) is 39.8 Å². The van der Waals surface area contributed by atoms with E-state index in [9.17, 15) is 14.4 Å². The topological polar surface area (TPSA) is 144 Å². The van der Waals surface area contributed by atoms with Crippen LogP contribution < -0.4 is 0 Å². The maximum atomic E-state index is 11.3. The molecule has 0 bridgehead atoms. The van der Waals surface area contributed by atoms with Crippen LogP contribution in [0.2, 0.25) is 144 Å². The molecule has 2 atom stereocenters. The molecular weight excluding hydrogens is 945 g/mol. The van der Waals surface area contributed by atoms with Gasteiger partial charge in [0.15, 0.2) is 54.9 Å². The molecule has 12 nitrogen and oxygen atoms in total. The van der Waals surface area contributed by atoms with Crippen LogP contribution in [0.15, 0.2) is 36.5 Å². The van der Waals surface area contributed by atoms with Gasteiger partial charge in [-0.05, 0) is 165 Å².